The lowest BCUT2D eigenvalue weighted by Crippen LogP contribution is -2.36. The van der Waals surface area contributed by atoms with Gasteiger partial charge in [-0.2, -0.15) is 0 Å². The molecule has 0 aliphatic carbocycles. The summed E-state index contributed by atoms with van der Waals surface area (Å²) in [5, 5.41) is 1.83. The number of H-pyrrole nitrogens is 1. The summed E-state index contributed by atoms with van der Waals surface area (Å²) < 4.78 is 26.4. The Balaban J connectivity index is 1.45. The van der Waals surface area contributed by atoms with E-state index in [2.05, 4.69) is 22.0 Å². The third kappa shape index (κ3) is 6.25. The molecule has 0 aliphatic rings. The normalized spacial score (nSPS) is 11.8. The van der Waals surface area contributed by atoms with Gasteiger partial charge in [-0.25, -0.2) is 13.4 Å². The number of amides is 1. The van der Waals surface area contributed by atoms with E-state index in [9.17, 15) is 13.2 Å². The molecule has 0 radical (unpaired) electrons. The molecular weight excluding hydrogens is 580 g/mol. The van der Waals surface area contributed by atoms with Crippen LogP contribution >= 0.6 is 0 Å². The lowest BCUT2D eigenvalue weighted by atomic mass is 9.92. The summed E-state index contributed by atoms with van der Waals surface area (Å²) in [5.74, 6) is -0.0935. The van der Waals surface area contributed by atoms with Crippen molar-refractivity contribution in [3.05, 3.63) is 120 Å². The number of hydrogen-bond acceptors (Lipinski definition) is 5. The predicted octanol–water partition coefficient (Wildman–Crippen LogP) is 7.05. The van der Waals surface area contributed by atoms with Gasteiger partial charge in [-0.05, 0) is 74.1 Å². The Morgan fingerprint density at radius 1 is 0.822 bits per heavy atom. The van der Waals surface area contributed by atoms with Crippen molar-refractivity contribution in [1.82, 2.24) is 19.8 Å². The summed E-state index contributed by atoms with van der Waals surface area (Å²) >= 11 is 0. The van der Waals surface area contributed by atoms with Gasteiger partial charge in [0.1, 0.15) is 5.65 Å². The number of sulfone groups is 1. The summed E-state index contributed by atoms with van der Waals surface area (Å²) in [6, 6.07) is 32.2. The van der Waals surface area contributed by atoms with Crippen LogP contribution in [0.3, 0.4) is 0 Å². The number of fused-ring (bicyclic) bond motifs is 3. The van der Waals surface area contributed by atoms with Crippen LogP contribution in [0.5, 0.6) is 0 Å². The minimum absolute atomic E-state index is 0.0115. The van der Waals surface area contributed by atoms with Gasteiger partial charge in [0.15, 0.2) is 9.84 Å². The van der Waals surface area contributed by atoms with Crippen molar-refractivity contribution in [1.29, 1.82) is 0 Å². The third-order valence-corrected chi connectivity index (χ3v) is 9.84. The summed E-state index contributed by atoms with van der Waals surface area (Å²) in [5.41, 5.74) is 6.83. The molecule has 1 amide bonds. The SMILES string of the molecule is CCN(CCN(C)C)C(=O)c1ccc(-c2cnc3[nH]c4ccc(CS(=O)(=O)c5ccccc5)cc4c3c2-c2ccccc2)cc1. The quantitative estimate of drug-likeness (QED) is 0.178. The van der Waals surface area contributed by atoms with E-state index in [4.69, 9.17) is 4.98 Å². The second-order valence-corrected chi connectivity index (χ2v) is 13.5. The number of pyridine rings is 1. The molecule has 0 aliphatic heterocycles. The molecule has 2 aromatic heterocycles. The van der Waals surface area contributed by atoms with Gasteiger partial charge in [0.05, 0.1) is 10.6 Å². The van der Waals surface area contributed by atoms with Gasteiger partial charge in [0.25, 0.3) is 5.91 Å². The lowest BCUT2D eigenvalue weighted by molar-refractivity contribution is 0.0754. The zero-order valence-electron chi connectivity index (χ0n) is 25.7. The van der Waals surface area contributed by atoms with Crippen LogP contribution < -0.4 is 0 Å². The summed E-state index contributed by atoms with van der Waals surface area (Å²) in [4.78, 5) is 25.8. The van der Waals surface area contributed by atoms with E-state index in [-0.39, 0.29) is 11.7 Å². The Morgan fingerprint density at radius 3 is 2.18 bits per heavy atom. The molecule has 6 aromatic rings. The van der Waals surface area contributed by atoms with Crippen molar-refractivity contribution in [2.24, 2.45) is 0 Å². The van der Waals surface area contributed by atoms with E-state index in [1.54, 1.807) is 24.3 Å². The average Bonchev–Trinajstić information content (AvgIpc) is 3.43. The topological polar surface area (TPSA) is 86.4 Å². The molecule has 2 heterocycles. The Bertz CT molecular complexity index is 2070. The minimum Gasteiger partial charge on any atom is -0.339 e. The van der Waals surface area contributed by atoms with Crippen LogP contribution in [0.1, 0.15) is 22.8 Å². The average molecular weight is 617 g/mol. The monoisotopic (exact) mass is 616 g/mol. The Morgan fingerprint density at radius 2 is 1.51 bits per heavy atom. The van der Waals surface area contributed by atoms with E-state index in [0.717, 1.165) is 50.7 Å². The molecular formula is C37H36N4O3S. The number of likely N-dealkylation sites (N-methyl/N-ethyl adjacent to an activating group) is 2. The van der Waals surface area contributed by atoms with Crippen LogP contribution in [0, 0.1) is 0 Å². The van der Waals surface area contributed by atoms with Gasteiger partial charge in [0.2, 0.25) is 0 Å². The number of carbonyl (C=O) groups excluding carboxylic acids is 1. The van der Waals surface area contributed by atoms with Gasteiger partial charge in [-0.3, -0.25) is 4.79 Å². The van der Waals surface area contributed by atoms with Gasteiger partial charge < -0.3 is 14.8 Å². The highest BCUT2D eigenvalue weighted by molar-refractivity contribution is 7.90. The maximum absolute atomic E-state index is 13.3. The van der Waals surface area contributed by atoms with Crippen molar-refractivity contribution in [2.75, 3.05) is 33.7 Å². The Hall–Kier alpha value is -4.79. The van der Waals surface area contributed by atoms with Gasteiger partial charge in [0, 0.05) is 58.8 Å². The van der Waals surface area contributed by atoms with Crippen molar-refractivity contribution < 1.29 is 13.2 Å². The molecule has 0 spiro atoms. The maximum Gasteiger partial charge on any atom is 0.253 e. The number of benzene rings is 4. The second-order valence-electron chi connectivity index (χ2n) is 11.5. The smallest absolute Gasteiger partial charge is 0.253 e. The second kappa shape index (κ2) is 12.7. The highest BCUT2D eigenvalue weighted by Gasteiger charge is 2.21. The van der Waals surface area contributed by atoms with Gasteiger partial charge in [-0.1, -0.05) is 66.7 Å². The standard InChI is InChI=1S/C37H36N4O3S/c1-4-41(22-21-40(2)3)37(42)29-18-16-27(17-19-29)32-24-38-36-35(34(32)28-11-7-5-8-12-28)31-23-26(15-20-33(31)39-36)25-45(43,44)30-13-9-6-10-14-30/h5-20,23-24H,4,21-22,25H2,1-3H3,(H,38,39). The molecule has 1 N–H and O–H groups in total. The van der Waals surface area contributed by atoms with E-state index in [1.807, 2.05) is 98.8 Å². The van der Waals surface area contributed by atoms with Gasteiger partial charge in [-0.15, -0.1) is 0 Å². The van der Waals surface area contributed by atoms with E-state index < -0.39 is 9.84 Å². The zero-order valence-corrected chi connectivity index (χ0v) is 26.5. The molecule has 0 unspecified atom stereocenters. The third-order valence-electron chi connectivity index (χ3n) is 8.14. The highest BCUT2D eigenvalue weighted by atomic mass is 32.2. The van der Waals surface area contributed by atoms with Crippen LogP contribution in [0.25, 0.3) is 44.2 Å². The molecule has 4 aromatic carbocycles. The fourth-order valence-corrected chi connectivity index (χ4v) is 7.10. The molecule has 0 fully saturated rings. The molecule has 8 heteroatoms. The number of aromatic nitrogens is 2. The molecule has 6 rings (SSSR count). The Labute approximate surface area is 264 Å². The molecule has 0 bridgehead atoms. The van der Waals surface area contributed by atoms with Crippen LogP contribution in [0.4, 0.5) is 0 Å². The van der Waals surface area contributed by atoms with Gasteiger partial charge >= 0.3 is 0 Å². The fourth-order valence-electron chi connectivity index (χ4n) is 5.75. The Kier molecular flexibility index (Phi) is 8.52. The van der Waals surface area contributed by atoms with E-state index >= 15 is 0 Å². The molecule has 0 saturated heterocycles. The first-order valence-electron chi connectivity index (χ1n) is 15.1. The number of nitrogens with one attached hydrogen (secondary N) is 1. The van der Waals surface area contributed by atoms with Crippen LogP contribution in [-0.2, 0) is 15.6 Å². The molecule has 228 valence electrons. The van der Waals surface area contributed by atoms with Crippen molar-refractivity contribution in [3.8, 4) is 22.3 Å². The predicted molar refractivity (Wildman–Crippen MR) is 182 cm³/mol. The number of carbonyl (C=O) groups is 1. The first-order chi connectivity index (χ1) is 21.7. The first-order valence-corrected chi connectivity index (χ1v) is 16.7. The fraction of sp³-hybridized carbons (Fsp3) is 0.189. The van der Waals surface area contributed by atoms with Crippen LogP contribution in [-0.4, -0.2) is 67.8 Å². The molecule has 0 saturated carbocycles. The largest absolute Gasteiger partial charge is 0.339 e. The number of aromatic amines is 1. The maximum atomic E-state index is 13.3. The highest BCUT2D eigenvalue weighted by Crippen LogP contribution is 2.41. The lowest BCUT2D eigenvalue weighted by Gasteiger charge is -2.23. The van der Waals surface area contributed by atoms with Crippen LogP contribution in [0.15, 0.2) is 114 Å². The molecule has 0 atom stereocenters. The van der Waals surface area contributed by atoms with Crippen molar-refractivity contribution >= 4 is 37.7 Å². The first kappa shape index (κ1) is 30.2. The zero-order chi connectivity index (χ0) is 31.6. The van der Waals surface area contributed by atoms with Crippen molar-refractivity contribution in [3.63, 3.8) is 0 Å². The number of hydrogen-bond donors (Lipinski definition) is 1. The van der Waals surface area contributed by atoms with Crippen molar-refractivity contribution in [2.45, 2.75) is 17.6 Å². The minimum atomic E-state index is -3.52. The number of rotatable bonds is 10. The summed E-state index contributed by atoms with van der Waals surface area (Å²) in [7, 11) is 0.488. The van der Waals surface area contributed by atoms with Crippen LogP contribution in [0.2, 0.25) is 0 Å². The van der Waals surface area contributed by atoms with E-state index in [0.29, 0.717) is 29.1 Å². The summed E-state index contributed by atoms with van der Waals surface area (Å²) in [6.07, 6.45) is 1.87. The number of nitrogens with zero attached hydrogens (tertiary/aromatic N) is 3. The molecule has 45 heavy (non-hydrogen) atoms. The molecule has 7 nitrogen and oxygen atoms in total. The van der Waals surface area contributed by atoms with E-state index in [1.165, 1.54) is 0 Å². The summed E-state index contributed by atoms with van der Waals surface area (Å²) in [6.45, 7) is 4.10.